The largest absolute Gasteiger partial charge is 0.369 e. The van der Waals surface area contributed by atoms with Crippen LogP contribution < -0.4 is 0 Å². The normalized spacial score (nSPS) is 10.6. The summed E-state index contributed by atoms with van der Waals surface area (Å²) in [6.45, 7) is 3.26. The van der Waals surface area contributed by atoms with Gasteiger partial charge in [0, 0.05) is 17.2 Å². The molecule has 0 N–H and O–H groups in total. The van der Waals surface area contributed by atoms with Gasteiger partial charge in [-0.3, -0.25) is 9.78 Å². The molecule has 5 heteroatoms. The molecular weight excluding hydrogens is 176 g/mol. The Balaban J connectivity index is 3.56. The summed E-state index contributed by atoms with van der Waals surface area (Å²) in [5.74, 6) is -1.51. The van der Waals surface area contributed by atoms with Crippen molar-refractivity contribution in [2.75, 3.05) is 0 Å². The maximum absolute atomic E-state index is 10.5. The third-order valence-electron chi connectivity index (χ3n) is 0.838. The Morgan fingerprint density at radius 2 is 1.31 bits per heavy atom. The lowest BCUT2D eigenvalue weighted by Crippen LogP contribution is -2.06. The van der Waals surface area contributed by atoms with Crippen molar-refractivity contribution >= 4 is 11.9 Å². The smallest absolute Gasteiger partial charge is 0.255 e. The van der Waals surface area contributed by atoms with Gasteiger partial charge in [-0.1, -0.05) is 12.2 Å². The summed E-state index contributed by atoms with van der Waals surface area (Å²) in [5.41, 5.74) is 0. The van der Waals surface area contributed by atoms with Crippen LogP contribution in [0.3, 0.4) is 0 Å². The summed E-state index contributed by atoms with van der Waals surface area (Å²) in [5, 5.41) is 3.86. The maximum Gasteiger partial charge on any atom is 0.369 e. The summed E-state index contributed by atoms with van der Waals surface area (Å²) in [6, 6.07) is 0. The molecule has 0 aliphatic rings. The molecule has 0 atom stereocenters. The second kappa shape index (κ2) is 7.05. The third kappa shape index (κ3) is 6.77. The van der Waals surface area contributed by atoms with Gasteiger partial charge in [-0.05, 0) is 13.8 Å². The summed E-state index contributed by atoms with van der Waals surface area (Å²) < 4.78 is 0. The Kier molecular flexibility index (Phi) is 6.17. The van der Waals surface area contributed by atoms with Crippen molar-refractivity contribution in [2.24, 2.45) is 0 Å². The number of carbonyl (C=O) groups is 2. The van der Waals surface area contributed by atoms with Crippen molar-refractivity contribution in [1.82, 2.24) is 0 Å². The Bertz CT molecular complexity index is 205. The van der Waals surface area contributed by atoms with Crippen LogP contribution in [0, 0.1) is 0 Å². The molecule has 0 radical (unpaired) electrons. The minimum absolute atomic E-state index is 0.754. The monoisotopic (exact) mass is 186 g/mol. The zero-order valence-electron chi connectivity index (χ0n) is 7.35. The minimum atomic E-state index is -0.754. The van der Waals surface area contributed by atoms with Gasteiger partial charge in [0.15, 0.2) is 0 Å². The number of carbonyl (C=O) groups excluding carboxylic acids is 2. The number of hydrogen-bond acceptors (Lipinski definition) is 5. The van der Waals surface area contributed by atoms with Gasteiger partial charge in [0.1, 0.15) is 0 Å². The molecular formula is C8H10O5. The van der Waals surface area contributed by atoms with Gasteiger partial charge in [-0.15, -0.1) is 0 Å². The zero-order valence-corrected chi connectivity index (χ0v) is 7.35. The SMILES string of the molecule is C/C=C/C(=O)OOOC(=O)/C=C/C. The molecule has 0 aliphatic heterocycles. The molecule has 0 aliphatic carbocycles. The van der Waals surface area contributed by atoms with Gasteiger partial charge in [0.25, 0.3) is 0 Å². The van der Waals surface area contributed by atoms with E-state index < -0.39 is 11.9 Å². The van der Waals surface area contributed by atoms with Gasteiger partial charge in [0.2, 0.25) is 0 Å². The second-order valence-corrected chi connectivity index (χ2v) is 1.87. The molecule has 0 amide bonds. The van der Waals surface area contributed by atoms with Crippen molar-refractivity contribution in [2.45, 2.75) is 13.8 Å². The lowest BCUT2D eigenvalue weighted by Gasteiger charge is -1.96. The van der Waals surface area contributed by atoms with E-state index in [0.29, 0.717) is 0 Å². The van der Waals surface area contributed by atoms with E-state index in [2.05, 4.69) is 14.8 Å². The lowest BCUT2D eigenvalue weighted by atomic mass is 10.5. The van der Waals surface area contributed by atoms with E-state index in [-0.39, 0.29) is 0 Å². The second-order valence-electron chi connectivity index (χ2n) is 1.87. The maximum atomic E-state index is 10.5. The molecule has 0 saturated heterocycles. The average molecular weight is 186 g/mol. The van der Waals surface area contributed by atoms with Crippen LogP contribution in [0.5, 0.6) is 0 Å². The molecule has 0 saturated carbocycles. The lowest BCUT2D eigenvalue weighted by molar-refractivity contribution is -0.455. The van der Waals surface area contributed by atoms with Crippen LogP contribution in [-0.4, -0.2) is 11.9 Å². The average Bonchev–Trinajstić information content (AvgIpc) is 2.05. The van der Waals surface area contributed by atoms with E-state index in [9.17, 15) is 9.59 Å². The molecule has 0 bridgehead atoms. The van der Waals surface area contributed by atoms with Crippen LogP contribution in [0.4, 0.5) is 0 Å². The summed E-state index contributed by atoms with van der Waals surface area (Å²) in [6.07, 6.45) is 5.14. The van der Waals surface area contributed by atoms with Crippen molar-refractivity contribution < 1.29 is 24.4 Å². The highest BCUT2D eigenvalue weighted by Gasteiger charge is 2.01. The predicted octanol–water partition coefficient (Wildman–Crippen LogP) is 1.07. The van der Waals surface area contributed by atoms with Crippen LogP contribution in [-0.2, 0) is 24.4 Å². The Morgan fingerprint density at radius 1 is 0.923 bits per heavy atom. The van der Waals surface area contributed by atoms with Crippen molar-refractivity contribution in [3.8, 4) is 0 Å². The molecule has 0 fully saturated rings. The van der Waals surface area contributed by atoms with Crippen molar-refractivity contribution in [3.05, 3.63) is 24.3 Å². The van der Waals surface area contributed by atoms with E-state index in [1.54, 1.807) is 13.8 Å². The summed E-state index contributed by atoms with van der Waals surface area (Å²) in [4.78, 5) is 29.1. The molecule has 0 unspecified atom stereocenters. The quantitative estimate of drug-likeness (QED) is 0.373. The summed E-state index contributed by atoms with van der Waals surface area (Å²) >= 11 is 0. The molecule has 13 heavy (non-hydrogen) atoms. The number of allylic oxidation sites excluding steroid dienone is 2. The standard InChI is InChI=1S/C8H10O5/c1-3-5-7(9)11-13-12-8(10)6-4-2/h3-6H,1-2H3/b5-3+,6-4+. The van der Waals surface area contributed by atoms with Gasteiger partial charge in [-0.2, -0.15) is 0 Å². The third-order valence-corrected chi connectivity index (χ3v) is 0.838. The van der Waals surface area contributed by atoms with Crippen LogP contribution in [0.1, 0.15) is 13.8 Å². The van der Waals surface area contributed by atoms with Crippen molar-refractivity contribution in [3.63, 3.8) is 0 Å². The molecule has 0 spiro atoms. The highest BCUT2D eigenvalue weighted by atomic mass is 17.5. The van der Waals surface area contributed by atoms with Crippen LogP contribution in [0.2, 0.25) is 0 Å². The molecule has 0 aromatic rings. The van der Waals surface area contributed by atoms with E-state index in [1.807, 2.05) is 0 Å². The van der Waals surface area contributed by atoms with E-state index in [0.717, 1.165) is 12.2 Å². The first-order valence-corrected chi connectivity index (χ1v) is 3.55. The topological polar surface area (TPSA) is 61.8 Å². The molecule has 0 rings (SSSR count). The van der Waals surface area contributed by atoms with E-state index in [4.69, 9.17) is 0 Å². The van der Waals surface area contributed by atoms with Gasteiger partial charge < -0.3 is 0 Å². The zero-order chi connectivity index (χ0) is 10.1. The van der Waals surface area contributed by atoms with Crippen LogP contribution in [0.25, 0.3) is 0 Å². The van der Waals surface area contributed by atoms with Gasteiger partial charge in [-0.25, -0.2) is 9.59 Å². The predicted molar refractivity (Wildman–Crippen MR) is 42.9 cm³/mol. The fourth-order valence-electron chi connectivity index (χ4n) is 0.412. The Morgan fingerprint density at radius 3 is 1.62 bits per heavy atom. The van der Waals surface area contributed by atoms with Crippen LogP contribution in [0.15, 0.2) is 24.3 Å². The number of hydrogen-bond donors (Lipinski definition) is 0. The highest BCUT2D eigenvalue weighted by Crippen LogP contribution is 1.87. The van der Waals surface area contributed by atoms with Gasteiger partial charge in [0.05, 0.1) is 0 Å². The van der Waals surface area contributed by atoms with E-state index >= 15 is 0 Å². The molecule has 0 aromatic heterocycles. The first kappa shape index (κ1) is 11.4. The fourth-order valence-corrected chi connectivity index (χ4v) is 0.412. The van der Waals surface area contributed by atoms with Crippen molar-refractivity contribution in [1.29, 1.82) is 0 Å². The highest BCUT2D eigenvalue weighted by molar-refractivity contribution is 5.82. The van der Waals surface area contributed by atoms with Gasteiger partial charge >= 0.3 is 11.9 Å². The Labute approximate surface area is 75.4 Å². The fraction of sp³-hybridized carbons (Fsp3) is 0.250. The Hall–Kier alpha value is -1.62. The first-order chi connectivity index (χ1) is 6.20. The molecule has 5 nitrogen and oxygen atoms in total. The molecule has 72 valence electrons. The summed E-state index contributed by atoms with van der Waals surface area (Å²) in [7, 11) is 0. The number of rotatable bonds is 4. The van der Waals surface area contributed by atoms with E-state index in [1.165, 1.54) is 12.2 Å². The first-order valence-electron chi connectivity index (χ1n) is 3.55. The molecule has 0 aromatic carbocycles. The molecule has 0 heterocycles. The minimum Gasteiger partial charge on any atom is -0.255 e. The van der Waals surface area contributed by atoms with Crippen LogP contribution >= 0.6 is 0 Å².